The van der Waals surface area contributed by atoms with Gasteiger partial charge in [0.2, 0.25) is 0 Å². The van der Waals surface area contributed by atoms with Crippen LogP contribution < -0.4 is 4.90 Å². The molecule has 0 atom stereocenters. The predicted molar refractivity (Wildman–Crippen MR) is 32.9 cm³/mol. The van der Waals surface area contributed by atoms with Crippen LogP contribution in [0.15, 0.2) is 12.5 Å². The van der Waals surface area contributed by atoms with Gasteiger partial charge in [-0.15, -0.1) is 0 Å². The third kappa shape index (κ3) is 0.804. The molecule has 0 aromatic carbocycles. The Morgan fingerprint density at radius 2 is 2.38 bits per heavy atom. The van der Waals surface area contributed by atoms with Crippen molar-refractivity contribution in [2.45, 2.75) is 0 Å². The highest BCUT2D eigenvalue weighted by atomic mass is 15.2. The van der Waals surface area contributed by atoms with Crippen molar-refractivity contribution in [1.82, 2.24) is 9.97 Å². The minimum atomic E-state index is 1.03. The van der Waals surface area contributed by atoms with Crippen molar-refractivity contribution in [2.24, 2.45) is 0 Å². The van der Waals surface area contributed by atoms with E-state index in [1.54, 1.807) is 12.5 Å². The molecule has 0 spiro atoms. The van der Waals surface area contributed by atoms with Crippen LogP contribution >= 0.6 is 0 Å². The number of nitrogens with zero attached hydrogens (tertiary/aromatic N) is 2. The largest absolute Gasteiger partial charge is 0.363 e. The van der Waals surface area contributed by atoms with E-state index >= 15 is 0 Å². The van der Waals surface area contributed by atoms with Crippen LogP contribution in [0.1, 0.15) is 0 Å². The molecule has 8 heavy (non-hydrogen) atoms. The second-order valence-corrected chi connectivity index (χ2v) is 1.83. The highest BCUT2D eigenvalue weighted by Gasteiger charge is 1.90. The number of hydrogen-bond donors (Lipinski definition) is 1. The van der Waals surface area contributed by atoms with Crippen LogP contribution in [0.2, 0.25) is 0 Å². The van der Waals surface area contributed by atoms with Crippen molar-refractivity contribution in [3.63, 3.8) is 0 Å². The number of imidazole rings is 1. The van der Waals surface area contributed by atoms with E-state index in [1.165, 1.54) is 0 Å². The summed E-state index contributed by atoms with van der Waals surface area (Å²) in [6.07, 6.45) is 3.44. The number of H-pyrrole nitrogens is 1. The van der Waals surface area contributed by atoms with E-state index in [9.17, 15) is 0 Å². The summed E-state index contributed by atoms with van der Waals surface area (Å²) in [4.78, 5) is 8.76. The summed E-state index contributed by atoms with van der Waals surface area (Å²) in [6, 6.07) is 0. The maximum absolute atomic E-state index is 3.85. The Morgan fingerprint density at radius 3 is 2.62 bits per heavy atom. The molecule has 0 unspecified atom stereocenters. The van der Waals surface area contributed by atoms with Crippen LogP contribution in [-0.2, 0) is 0 Å². The summed E-state index contributed by atoms with van der Waals surface area (Å²) in [7, 11) is 3.93. The molecule has 0 amide bonds. The maximum Gasteiger partial charge on any atom is 0.125 e. The van der Waals surface area contributed by atoms with E-state index in [1.807, 2.05) is 19.0 Å². The van der Waals surface area contributed by atoms with E-state index in [-0.39, 0.29) is 0 Å². The fourth-order valence-corrected chi connectivity index (χ4v) is 0.493. The highest BCUT2D eigenvalue weighted by Crippen LogP contribution is 2.00. The van der Waals surface area contributed by atoms with Gasteiger partial charge < -0.3 is 9.88 Å². The predicted octanol–water partition coefficient (Wildman–Crippen LogP) is 0.476. The Balaban J connectivity index is 2.77. The molecule has 1 heterocycles. The first-order chi connectivity index (χ1) is 3.80. The number of hydrogen-bond acceptors (Lipinski definition) is 2. The summed E-state index contributed by atoms with van der Waals surface area (Å²) in [6.45, 7) is 0. The minimum Gasteiger partial charge on any atom is -0.363 e. The van der Waals surface area contributed by atoms with Crippen LogP contribution in [0.25, 0.3) is 0 Å². The Hall–Kier alpha value is -0.990. The summed E-state index contributed by atoms with van der Waals surface area (Å²) in [5, 5.41) is 0. The minimum absolute atomic E-state index is 1.03. The van der Waals surface area contributed by atoms with Crippen molar-refractivity contribution in [3.05, 3.63) is 12.5 Å². The van der Waals surface area contributed by atoms with Crippen LogP contribution in [0.4, 0.5) is 5.82 Å². The molecule has 1 rings (SSSR count). The van der Waals surface area contributed by atoms with Gasteiger partial charge >= 0.3 is 0 Å². The first-order valence-corrected chi connectivity index (χ1v) is 2.46. The zero-order valence-corrected chi connectivity index (χ0v) is 5.05. The number of aromatic nitrogens is 2. The molecule has 0 saturated carbocycles. The van der Waals surface area contributed by atoms with Gasteiger partial charge in [-0.25, -0.2) is 4.98 Å². The molecule has 1 aromatic rings. The number of aromatic amines is 1. The number of anilines is 1. The smallest absolute Gasteiger partial charge is 0.125 e. The molecule has 1 N–H and O–H groups in total. The molecule has 3 nitrogen and oxygen atoms in total. The number of rotatable bonds is 1. The second-order valence-electron chi connectivity index (χ2n) is 1.83. The molecular weight excluding hydrogens is 102 g/mol. The molecule has 0 bridgehead atoms. The van der Waals surface area contributed by atoms with E-state index in [2.05, 4.69) is 9.97 Å². The van der Waals surface area contributed by atoms with Crippen molar-refractivity contribution in [1.29, 1.82) is 0 Å². The summed E-state index contributed by atoms with van der Waals surface area (Å²) < 4.78 is 0. The van der Waals surface area contributed by atoms with Crippen LogP contribution in [0.3, 0.4) is 0 Å². The van der Waals surface area contributed by atoms with Gasteiger partial charge in [-0.2, -0.15) is 0 Å². The van der Waals surface area contributed by atoms with Crippen LogP contribution in [-0.4, -0.2) is 24.1 Å². The van der Waals surface area contributed by atoms with Crippen molar-refractivity contribution in [3.8, 4) is 0 Å². The molecule has 0 fully saturated rings. The average molecular weight is 111 g/mol. The van der Waals surface area contributed by atoms with Gasteiger partial charge in [-0.1, -0.05) is 0 Å². The van der Waals surface area contributed by atoms with E-state index in [0.29, 0.717) is 0 Å². The van der Waals surface area contributed by atoms with Crippen molar-refractivity contribution >= 4 is 5.82 Å². The zero-order valence-electron chi connectivity index (χ0n) is 5.05. The van der Waals surface area contributed by atoms with Crippen LogP contribution in [0, 0.1) is 0 Å². The first kappa shape index (κ1) is 5.15. The van der Waals surface area contributed by atoms with Crippen molar-refractivity contribution in [2.75, 3.05) is 19.0 Å². The standard InChI is InChI=1S/C5H9N3/c1-8(2)5-3-6-4-7-5/h3-4H,1-2H3,(H,6,7). The molecule has 0 aliphatic carbocycles. The van der Waals surface area contributed by atoms with E-state index in [0.717, 1.165) is 5.82 Å². The van der Waals surface area contributed by atoms with Gasteiger partial charge in [0.05, 0.1) is 12.5 Å². The van der Waals surface area contributed by atoms with Crippen LogP contribution in [0.5, 0.6) is 0 Å². The molecule has 0 saturated heterocycles. The van der Waals surface area contributed by atoms with Crippen molar-refractivity contribution < 1.29 is 0 Å². The van der Waals surface area contributed by atoms with E-state index < -0.39 is 0 Å². The fraction of sp³-hybridized carbons (Fsp3) is 0.400. The Bertz CT molecular complexity index is 143. The molecular formula is C5H9N3. The topological polar surface area (TPSA) is 31.9 Å². The lowest BCUT2D eigenvalue weighted by Crippen LogP contribution is -2.08. The normalized spacial score (nSPS) is 9.25. The quantitative estimate of drug-likeness (QED) is 0.571. The molecule has 44 valence electrons. The summed E-state index contributed by atoms with van der Waals surface area (Å²) in [5.74, 6) is 1.03. The van der Waals surface area contributed by atoms with Gasteiger partial charge in [0, 0.05) is 14.1 Å². The Labute approximate surface area is 48.3 Å². The first-order valence-electron chi connectivity index (χ1n) is 2.46. The van der Waals surface area contributed by atoms with E-state index in [4.69, 9.17) is 0 Å². The monoisotopic (exact) mass is 111 g/mol. The van der Waals surface area contributed by atoms with Gasteiger partial charge in [0.1, 0.15) is 5.82 Å². The lowest BCUT2D eigenvalue weighted by Gasteiger charge is -2.06. The van der Waals surface area contributed by atoms with Gasteiger partial charge in [0.15, 0.2) is 0 Å². The lowest BCUT2D eigenvalue weighted by atomic mass is 10.7. The van der Waals surface area contributed by atoms with Gasteiger partial charge in [0.25, 0.3) is 0 Å². The molecule has 0 radical (unpaired) electrons. The molecule has 1 aromatic heterocycles. The van der Waals surface area contributed by atoms with Gasteiger partial charge in [-0.3, -0.25) is 0 Å². The molecule has 3 heteroatoms. The summed E-state index contributed by atoms with van der Waals surface area (Å²) >= 11 is 0. The lowest BCUT2D eigenvalue weighted by molar-refractivity contribution is 1.09. The third-order valence-electron chi connectivity index (χ3n) is 0.966. The SMILES string of the molecule is CN(C)c1cnc[nH]1. The van der Waals surface area contributed by atoms with Gasteiger partial charge in [-0.05, 0) is 0 Å². The molecule has 0 aliphatic heterocycles. The Morgan fingerprint density at radius 1 is 1.62 bits per heavy atom. The molecule has 0 aliphatic rings. The highest BCUT2D eigenvalue weighted by molar-refractivity contribution is 5.32. The third-order valence-corrected chi connectivity index (χ3v) is 0.966. The fourth-order valence-electron chi connectivity index (χ4n) is 0.493. The zero-order chi connectivity index (χ0) is 5.98. The summed E-state index contributed by atoms with van der Waals surface area (Å²) in [5.41, 5.74) is 0. The average Bonchev–Trinajstić information content (AvgIpc) is 2.12. The number of nitrogens with one attached hydrogen (secondary N) is 1. The second kappa shape index (κ2) is 1.86. The Kier molecular flexibility index (Phi) is 1.20. The maximum atomic E-state index is 3.85.